The minimum Gasteiger partial charge on any atom is -0.497 e. The Labute approximate surface area is 150 Å². The lowest BCUT2D eigenvalue weighted by molar-refractivity contribution is -0.169. The lowest BCUT2D eigenvalue weighted by Gasteiger charge is -2.64. The first kappa shape index (κ1) is 16.1. The average Bonchev–Trinajstić information content (AvgIpc) is 3.42. The fourth-order valence-corrected chi connectivity index (χ4v) is 6.11. The van der Waals surface area contributed by atoms with Crippen LogP contribution in [-0.4, -0.2) is 47.9 Å². The Bertz CT molecular complexity index is 688. The molecule has 0 spiro atoms. The Hall–Kier alpha value is -1.10. The van der Waals surface area contributed by atoms with Gasteiger partial charge in [0.05, 0.1) is 12.7 Å². The number of nitrogens with two attached hydrogens (primary N) is 1. The number of fused-ring (bicyclic) bond motifs is 1. The predicted octanol–water partition coefficient (Wildman–Crippen LogP) is 2.22. The summed E-state index contributed by atoms with van der Waals surface area (Å²) in [6.45, 7) is 2.26. The summed E-state index contributed by atoms with van der Waals surface area (Å²) < 4.78 is 5.51. The third-order valence-corrected chi connectivity index (χ3v) is 7.59. The van der Waals surface area contributed by atoms with Gasteiger partial charge in [0.25, 0.3) is 0 Å². The molecule has 1 aromatic carbocycles. The fraction of sp³-hybridized carbons (Fsp3) is 0.714. The second kappa shape index (κ2) is 5.45. The molecule has 2 bridgehead atoms. The summed E-state index contributed by atoms with van der Waals surface area (Å²) in [5.74, 6) is 1.76. The number of likely N-dealkylation sites (tertiary alicyclic amines) is 1. The van der Waals surface area contributed by atoms with Crippen molar-refractivity contribution >= 4 is 0 Å². The van der Waals surface area contributed by atoms with Gasteiger partial charge in [-0.15, -0.1) is 0 Å². The number of benzene rings is 1. The zero-order valence-corrected chi connectivity index (χ0v) is 15.2. The number of hydrogen-bond donors (Lipinski definition) is 2. The molecule has 5 rings (SSSR count). The maximum absolute atomic E-state index is 12.1. The van der Waals surface area contributed by atoms with Gasteiger partial charge in [-0.2, -0.15) is 0 Å². The molecule has 3 fully saturated rings. The summed E-state index contributed by atoms with van der Waals surface area (Å²) in [6.07, 6.45) is 7.37. The molecule has 4 nitrogen and oxygen atoms in total. The number of hydrogen-bond acceptors (Lipinski definition) is 4. The highest BCUT2D eigenvalue weighted by molar-refractivity contribution is 5.48. The third kappa shape index (κ3) is 2.23. The van der Waals surface area contributed by atoms with E-state index in [1.165, 1.54) is 30.5 Å². The van der Waals surface area contributed by atoms with E-state index in [0.29, 0.717) is 0 Å². The number of ether oxygens (including phenoxy) is 1. The number of rotatable bonds is 3. The molecule has 0 radical (unpaired) electrons. The monoisotopic (exact) mass is 342 g/mol. The highest BCUT2D eigenvalue weighted by Crippen LogP contribution is 2.58. The van der Waals surface area contributed by atoms with Crippen LogP contribution in [0.15, 0.2) is 18.2 Å². The van der Waals surface area contributed by atoms with Gasteiger partial charge < -0.3 is 15.6 Å². The summed E-state index contributed by atoms with van der Waals surface area (Å²) in [6, 6.07) is 6.92. The van der Waals surface area contributed by atoms with Crippen LogP contribution in [0.4, 0.5) is 0 Å². The van der Waals surface area contributed by atoms with Crippen LogP contribution in [0.2, 0.25) is 0 Å². The fourth-order valence-electron chi connectivity index (χ4n) is 6.11. The van der Waals surface area contributed by atoms with E-state index in [0.717, 1.165) is 50.3 Å². The highest BCUT2D eigenvalue weighted by atomic mass is 16.5. The van der Waals surface area contributed by atoms with Gasteiger partial charge in [0.15, 0.2) is 0 Å². The number of nitrogens with zero attached hydrogens (tertiary/aromatic N) is 1. The number of aliphatic hydroxyl groups is 1. The Morgan fingerprint density at radius 2 is 2.12 bits per heavy atom. The van der Waals surface area contributed by atoms with E-state index in [1.807, 2.05) is 0 Å². The van der Waals surface area contributed by atoms with E-state index < -0.39 is 5.60 Å². The molecule has 3 N–H and O–H groups in total. The van der Waals surface area contributed by atoms with Crippen molar-refractivity contribution in [2.24, 2.45) is 11.7 Å². The van der Waals surface area contributed by atoms with Gasteiger partial charge in [0.1, 0.15) is 5.75 Å². The van der Waals surface area contributed by atoms with Crippen LogP contribution in [0.1, 0.15) is 49.7 Å². The van der Waals surface area contributed by atoms with Gasteiger partial charge in [-0.05, 0) is 80.7 Å². The Balaban J connectivity index is 1.63. The lowest BCUT2D eigenvalue weighted by Crippen LogP contribution is -2.74. The lowest BCUT2D eigenvalue weighted by atomic mass is 9.49. The molecule has 0 aromatic heterocycles. The van der Waals surface area contributed by atoms with E-state index in [4.69, 9.17) is 10.5 Å². The molecule has 136 valence electrons. The predicted molar refractivity (Wildman–Crippen MR) is 97.9 cm³/mol. The van der Waals surface area contributed by atoms with Gasteiger partial charge in [0, 0.05) is 24.0 Å². The molecule has 1 aliphatic heterocycles. The van der Waals surface area contributed by atoms with Gasteiger partial charge in [-0.25, -0.2) is 0 Å². The van der Waals surface area contributed by atoms with E-state index in [2.05, 4.69) is 23.1 Å². The van der Waals surface area contributed by atoms with Crippen LogP contribution in [0.3, 0.4) is 0 Å². The van der Waals surface area contributed by atoms with Gasteiger partial charge in [-0.1, -0.05) is 6.07 Å². The van der Waals surface area contributed by atoms with Gasteiger partial charge in [-0.3, -0.25) is 4.90 Å². The zero-order chi connectivity index (χ0) is 17.2. The Morgan fingerprint density at radius 3 is 2.88 bits per heavy atom. The summed E-state index contributed by atoms with van der Waals surface area (Å²) in [5, 5.41) is 12.1. The third-order valence-electron chi connectivity index (χ3n) is 7.59. The summed E-state index contributed by atoms with van der Waals surface area (Å²) in [4.78, 5) is 2.61. The number of piperidine rings is 1. The number of methoxy groups -OCH3 is 1. The standard InChI is InChI=1S/C21H30N2O2/c1-25-17-5-4-15-10-19-21(24)7-6-16(22)12-20(21,18(15)11-17)8-9-23(19)13-14-2-3-14/h4-5,11,14,16,19,24H,2-3,6-10,12-13,22H2,1H3/t16-,19-,20?,21-/m1/s1. The molecule has 2 saturated carbocycles. The largest absolute Gasteiger partial charge is 0.497 e. The van der Waals surface area contributed by atoms with Gasteiger partial charge in [0.2, 0.25) is 0 Å². The second-order valence-electron chi connectivity index (χ2n) is 8.94. The summed E-state index contributed by atoms with van der Waals surface area (Å²) >= 11 is 0. The molecular formula is C21H30N2O2. The first-order valence-electron chi connectivity index (χ1n) is 9.95. The van der Waals surface area contributed by atoms with Crippen LogP contribution < -0.4 is 10.5 Å². The highest BCUT2D eigenvalue weighted by Gasteiger charge is 2.64. The van der Waals surface area contributed by atoms with E-state index in [1.54, 1.807) is 7.11 Å². The SMILES string of the molecule is COc1ccc2c(c1)C13CCN(CC4CC4)[C@H](C2)[C@]1(O)CC[C@@H](N)C3. The molecule has 4 aliphatic rings. The molecule has 4 atom stereocenters. The van der Waals surface area contributed by atoms with E-state index >= 15 is 0 Å². The van der Waals surface area contributed by atoms with Crippen molar-refractivity contribution in [3.63, 3.8) is 0 Å². The normalized spacial score (nSPS) is 40.3. The quantitative estimate of drug-likeness (QED) is 0.884. The molecule has 3 aliphatic carbocycles. The average molecular weight is 342 g/mol. The van der Waals surface area contributed by atoms with Crippen LogP contribution in [-0.2, 0) is 11.8 Å². The van der Waals surface area contributed by atoms with Crippen molar-refractivity contribution in [1.82, 2.24) is 4.90 Å². The smallest absolute Gasteiger partial charge is 0.119 e. The molecule has 25 heavy (non-hydrogen) atoms. The van der Waals surface area contributed by atoms with Gasteiger partial charge >= 0.3 is 0 Å². The van der Waals surface area contributed by atoms with Crippen LogP contribution >= 0.6 is 0 Å². The molecular weight excluding hydrogens is 312 g/mol. The van der Waals surface area contributed by atoms with Crippen LogP contribution in [0, 0.1) is 5.92 Å². The van der Waals surface area contributed by atoms with Crippen molar-refractivity contribution in [3.05, 3.63) is 29.3 Å². The van der Waals surface area contributed by atoms with E-state index in [9.17, 15) is 5.11 Å². The van der Waals surface area contributed by atoms with Crippen LogP contribution in [0.25, 0.3) is 0 Å². The summed E-state index contributed by atoms with van der Waals surface area (Å²) in [5.41, 5.74) is 8.29. The molecule has 4 heteroatoms. The topological polar surface area (TPSA) is 58.7 Å². The van der Waals surface area contributed by atoms with Crippen molar-refractivity contribution in [1.29, 1.82) is 0 Å². The summed E-state index contributed by atoms with van der Waals surface area (Å²) in [7, 11) is 1.72. The minimum absolute atomic E-state index is 0.188. The molecule has 0 amide bonds. The van der Waals surface area contributed by atoms with Crippen molar-refractivity contribution < 1.29 is 9.84 Å². The van der Waals surface area contributed by atoms with Crippen molar-refractivity contribution in [2.45, 2.75) is 68.0 Å². The van der Waals surface area contributed by atoms with E-state index in [-0.39, 0.29) is 17.5 Å². The van der Waals surface area contributed by atoms with Crippen LogP contribution in [0.5, 0.6) is 5.75 Å². The minimum atomic E-state index is -0.643. The molecule has 1 unspecified atom stereocenters. The molecule has 1 aromatic rings. The Morgan fingerprint density at radius 1 is 1.28 bits per heavy atom. The second-order valence-corrected chi connectivity index (χ2v) is 8.94. The first-order chi connectivity index (χ1) is 12.1. The maximum atomic E-state index is 12.1. The molecule has 1 saturated heterocycles. The van der Waals surface area contributed by atoms with Crippen molar-refractivity contribution in [2.75, 3.05) is 20.2 Å². The maximum Gasteiger partial charge on any atom is 0.119 e. The van der Waals surface area contributed by atoms with Crippen molar-refractivity contribution in [3.8, 4) is 5.75 Å². The molecule has 1 heterocycles. The zero-order valence-electron chi connectivity index (χ0n) is 15.2. The first-order valence-corrected chi connectivity index (χ1v) is 9.95. The Kier molecular flexibility index (Phi) is 3.51.